The molecule has 0 spiro atoms. The van der Waals surface area contributed by atoms with Crippen LogP contribution in [0.4, 0.5) is 13.2 Å². The van der Waals surface area contributed by atoms with Gasteiger partial charge in [0.25, 0.3) is 0 Å². The summed E-state index contributed by atoms with van der Waals surface area (Å²) in [6.07, 6.45) is -6.23. The molecule has 0 aliphatic heterocycles. The number of alkyl halides is 4. The standard InChI is InChI=1S/C12H12BrF3O4/c13-6-2-4-7-3-1-5-8(9(17)11(18)19)10(7)20-12(14,15)16/h1,3,5,9,17H,2,4,6H2,(H,18,19). The number of aliphatic carboxylic acids is 1. The highest BCUT2D eigenvalue weighted by atomic mass is 79.9. The number of carboxylic acids is 1. The lowest BCUT2D eigenvalue weighted by Gasteiger charge is -2.18. The normalized spacial score (nSPS) is 13.1. The van der Waals surface area contributed by atoms with Crippen LogP contribution < -0.4 is 4.74 Å². The second kappa shape index (κ2) is 6.94. The van der Waals surface area contributed by atoms with Crippen molar-refractivity contribution >= 4 is 21.9 Å². The molecule has 0 aliphatic carbocycles. The third-order valence-corrected chi connectivity index (χ3v) is 3.01. The number of aliphatic hydroxyl groups is 1. The van der Waals surface area contributed by atoms with Crippen LogP contribution in [0, 0.1) is 0 Å². The molecule has 2 N–H and O–H groups in total. The maximum Gasteiger partial charge on any atom is 0.573 e. The largest absolute Gasteiger partial charge is 0.573 e. The molecular formula is C12H12BrF3O4. The van der Waals surface area contributed by atoms with Gasteiger partial charge < -0.3 is 14.9 Å². The van der Waals surface area contributed by atoms with Crippen LogP contribution in [0.1, 0.15) is 23.7 Å². The van der Waals surface area contributed by atoms with Gasteiger partial charge in [-0.3, -0.25) is 0 Å². The minimum Gasteiger partial charge on any atom is -0.479 e. The third kappa shape index (κ3) is 4.68. The third-order valence-electron chi connectivity index (χ3n) is 2.45. The minimum atomic E-state index is -4.96. The highest BCUT2D eigenvalue weighted by molar-refractivity contribution is 9.09. The van der Waals surface area contributed by atoms with Gasteiger partial charge in [0.15, 0.2) is 6.10 Å². The highest BCUT2D eigenvalue weighted by Crippen LogP contribution is 2.34. The number of carbonyl (C=O) groups is 1. The highest BCUT2D eigenvalue weighted by Gasteiger charge is 2.35. The lowest BCUT2D eigenvalue weighted by atomic mass is 10.0. The fourth-order valence-corrected chi connectivity index (χ4v) is 1.93. The Morgan fingerprint density at radius 2 is 2.05 bits per heavy atom. The zero-order chi connectivity index (χ0) is 15.3. The molecule has 0 radical (unpaired) electrons. The number of aliphatic hydroxyl groups excluding tert-OH is 1. The van der Waals surface area contributed by atoms with Gasteiger partial charge in [0.05, 0.1) is 0 Å². The number of benzene rings is 1. The van der Waals surface area contributed by atoms with E-state index in [-0.39, 0.29) is 12.0 Å². The summed E-state index contributed by atoms with van der Waals surface area (Å²) in [5.74, 6) is -2.29. The number of carboxylic acid groups (broad SMARTS) is 1. The van der Waals surface area contributed by atoms with E-state index < -0.39 is 29.7 Å². The second-order valence-corrected chi connectivity index (χ2v) is 4.71. The first kappa shape index (κ1) is 16.8. The molecule has 0 fully saturated rings. The maximum absolute atomic E-state index is 12.4. The van der Waals surface area contributed by atoms with Crippen LogP contribution in [0.15, 0.2) is 18.2 Å². The predicted molar refractivity (Wildman–Crippen MR) is 67.8 cm³/mol. The summed E-state index contributed by atoms with van der Waals surface area (Å²) in [7, 11) is 0. The Morgan fingerprint density at radius 3 is 2.55 bits per heavy atom. The molecule has 1 atom stereocenters. The first-order chi connectivity index (χ1) is 9.26. The zero-order valence-corrected chi connectivity index (χ0v) is 11.7. The Kier molecular flexibility index (Phi) is 5.82. The Balaban J connectivity index is 3.24. The summed E-state index contributed by atoms with van der Waals surface area (Å²) < 4.78 is 41.2. The van der Waals surface area contributed by atoms with Gasteiger partial charge in [-0.05, 0) is 18.4 Å². The van der Waals surface area contributed by atoms with Gasteiger partial charge in [-0.15, -0.1) is 13.2 Å². The average molecular weight is 357 g/mol. The van der Waals surface area contributed by atoms with Gasteiger partial charge in [0.2, 0.25) is 0 Å². The molecule has 0 bridgehead atoms. The first-order valence-corrected chi connectivity index (χ1v) is 6.72. The van der Waals surface area contributed by atoms with Crippen molar-refractivity contribution in [3.63, 3.8) is 0 Å². The van der Waals surface area contributed by atoms with Crippen molar-refractivity contribution in [1.29, 1.82) is 0 Å². The molecular weight excluding hydrogens is 345 g/mol. The SMILES string of the molecule is O=C(O)C(O)c1cccc(CCCBr)c1OC(F)(F)F. The van der Waals surface area contributed by atoms with E-state index >= 15 is 0 Å². The molecule has 0 amide bonds. The number of halogens is 4. The lowest BCUT2D eigenvalue weighted by Crippen LogP contribution is -2.21. The van der Waals surface area contributed by atoms with Crippen molar-refractivity contribution in [2.45, 2.75) is 25.3 Å². The topological polar surface area (TPSA) is 66.8 Å². The average Bonchev–Trinajstić information content (AvgIpc) is 2.34. The van der Waals surface area contributed by atoms with Crippen molar-refractivity contribution in [3.05, 3.63) is 29.3 Å². The summed E-state index contributed by atoms with van der Waals surface area (Å²) in [5, 5.41) is 18.8. The van der Waals surface area contributed by atoms with Gasteiger partial charge in [-0.25, -0.2) is 4.79 Å². The van der Waals surface area contributed by atoms with Crippen LogP contribution in [0.25, 0.3) is 0 Å². The van der Waals surface area contributed by atoms with E-state index in [0.29, 0.717) is 11.8 Å². The zero-order valence-electron chi connectivity index (χ0n) is 10.2. The van der Waals surface area contributed by atoms with Crippen LogP contribution in [0.5, 0.6) is 5.75 Å². The van der Waals surface area contributed by atoms with Crippen LogP contribution in [-0.2, 0) is 11.2 Å². The van der Waals surface area contributed by atoms with Gasteiger partial charge in [0, 0.05) is 10.9 Å². The van der Waals surface area contributed by atoms with E-state index in [1.807, 2.05) is 0 Å². The number of hydrogen-bond acceptors (Lipinski definition) is 3. The van der Waals surface area contributed by atoms with Crippen molar-refractivity contribution in [2.75, 3.05) is 5.33 Å². The summed E-state index contributed by atoms with van der Waals surface area (Å²) in [6.45, 7) is 0. The minimum absolute atomic E-state index is 0.194. The van der Waals surface area contributed by atoms with E-state index in [1.54, 1.807) is 0 Å². The van der Waals surface area contributed by atoms with Gasteiger partial charge >= 0.3 is 12.3 Å². The molecule has 112 valence electrons. The quantitative estimate of drug-likeness (QED) is 0.769. The molecule has 1 unspecified atom stereocenters. The number of aryl methyl sites for hydroxylation is 1. The molecule has 1 aromatic carbocycles. The van der Waals surface area contributed by atoms with Crippen LogP contribution in [-0.4, -0.2) is 27.9 Å². The number of rotatable bonds is 6. The van der Waals surface area contributed by atoms with Gasteiger partial charge in [0.1, 0.15) is 5.75 Å². The number of para-hydroxylation sites is 1. The molecule has 20 heavy (non-hydrogen) atoms. The van der Waals surface area contributed by atoms with Crippen LogP contribution in [0.2, 0.25) is 0 Å². The van der Waals surface area contributed by atoms with Crippen molar-refractivity contribution in [2.24, 2.45) is 0 Å². The number of ether oxygens (including phenoxy) is 1. The van der Waals surface area contributed by atoms with Crippen molar-refractivity contribution < 1.29 is 32.9 Å². The van der Waals surface area contributed by atoms with E-state index in [1.165, 1.54) is 12.1 Å². The van der Waals surface area contributed by atoms with Crippen molar-refractivity contribution in [3.8, 4) is 5.75 Å². The Labute approximate surface area is 121 Å². The van der Waals surface area contributed by atoms with Crippen LogP contribution >= 0.6 is 15.9 Å². The van der Waals surface area contributed by atoms with Crippen molar-refractivity contribution in [1.82, 2.24) is 0 Å². The molecule has 0 aromatic heterocycles. The summed E-state index contributed by atoms with van der Waals surface area (Å²) in [5.41, 5.74) is -0.221. The van der Waals surface area contributed by atoms with E-state index in [0.717, 1.165) is 6.07 Å². The molecule has 1 rings (SSSR count). The Hall–Kier alpha value is -1.28. The molecule has 1 aromatic rings. The molecule has 0 heterocycles. The first-order valence-electron chi connectivity index (χ1n) is 5.60. The second-order valence-electron chi connectivity index (χ2n) is 3.92. The maximum atomic E-state index is 12.4. The van der Waals surface area contributed by atoms with E-state index in [9.17, 15) is 23.1 Å². The van der Waals surface area contributed by atoms with E-state index in [4.69, 9.17) is 5.11 Å². The van der Waals surface area contributed by atoms with E-state index in [2.05, 4.69) is 20.7 Å². The molecule has 0 aliphatic rings. The lowest BCUT2D eigenvalue weighted by molar-refractivity contribution is -0.275. The Bertz CT molecular complexity index is 476. The Morgan fingerprint density at radius 1 is 1.40 bits per heavy atom. The molecule has 0 saturated heterocycles. The molecule has 8 heteroatoms. The smallest absolute Gasteiger partial charge is 0.479 e. The fraction of sp³-hybridized carbons (Fsp3) is 0.417. The summed E-state index contributed by atoms with van der Waals surface area (Å²) >= 11 is 3.16. The fourth-order valence-electron chi connectivity index (χ4n) is 1.65. The molecule has 0 saturated carbocycles. The monoisotopic (exact) mass is 356 g/mol. The van der Waals surface area contributed by atoms with Crippen LogP contribution in [0.3, 0.4) is 0 Å². The van der Waals surface area contributed by atoms with Gasteiger partial charge in [-0.2, -0.15) is 0 Å². The van der Waals surface area contributed by atoms with Gasteiger partial charge in [-0.1, -0.05) is 34.1 Å². The predicted octanol–water partition coefficient (Wildman–Crippen LogP) is 3.03. The summed E-state index contributed by atoms with van der Waals surface area (Å²) in [4.78, 5) is 10.7. The number of hydrogen-bond donors (Lipinski definition) is 2. The summed E-state index contributed by atoms with van der Waals surface area (Å²) in [6, 6.07) is 3.88. The molecule has 4 nitrogen and oxygen atoms in total.